The summed E-state index contributed by atoms with van der Waals surface area (Å²) < 4.78 is 10.2. The lowest BCUT2D eigenvalue weighted by Crippen LogP contribution is -2.26. The molecule has 0 aliphatic heterocycles. The minimum atomic E-state index is -0.146. The van der Waals surface area contributed by atoms with Gasteiger partial charge >= 0.3 is 5.97 Å². The van der Waals surface area contributed by atoms with Gasteiger partial charge in [-0.05, 0) is 44.4 Å². The van der Waals surface area contributed by atoms with Crippen molar-refractivity contribution in [2.45, 2.75) is 46.0 Å². The zero-order valence-corrected chi connectivity index (χ0v) is 14.1. The SMILES string of the molecule is CCOC(=O)CCCCCNC(=O)Cc1ccc(OCC)cc1. The van der Waals surface area contributed by atoms with Gasteiger partial charge in [0.05, 0.1) is 19.6 Å². The lowest BCUT2D eigenvalue weighted by molar-refractivity contribution is -0.143. The standard InChI is InChI=1S/C18H27NO4/c1-3-22-16-11-9-15(10-12-16)14-17(20)19-13-7-5-6-8-18(21)23-4-2/h9-12H,3-8,13-14H2,1-2H3,(H,19,20). The molecule has 0 heterocycles. The van der Waals surface area contributed by atoms with Gasteiger partial charge in [0.1, 0.15) is 5.75 Å². The maximum Gasteiger partial charge on any atom is 0.305 e. The van der Waals surface area contributed by atoms with Crippen LogP contribution in [0.2, 0.25) is 0 Å². The Balaban J connectivity index is 2.11. The number of benzene rings is 1. The predicted octanol–water partition coefficient (Wildman–Crippen LogP) is 2.87. The zero-order valence-electron chi connectivity index (χ0n) is 14.1. The molecule has 0 aliphatic rings. The lowest BCUT2D eigenvalue weighted by Gasteiger charge is -2.07. The molecule has 0 unspecified atom stereocenters. The van der Waals surface area contributed by atoms with Crippen molar-refractivity contribution in [2.24, 2.45) is 0 Å². The van der Waals surface area contributed by atoms with Crippen LogP contribution >= 0.6 is 0 Å². The number of hydrogen-bond donors (Lipinski definition) is 1. The second-order valence-corrected chi connectivity index (χ2v) is 5.22. The molecule has 5 nitrogen and oxygen atoms in total. The number of carbonyl (C=O) groups excluding carboxylic acids is 2. The average Bonchev–Trinajstić information content (AvgIpc) is 2.53. The van der Waals surface area contributed by atoms with Gasteiger partial charge in [-0.15, -0.1) is 0 Å². The highest BCUT2D eigenvalue weighted by molar-refractivity contribution is 5.78. The molecular weight excluding hydrogens is 294 g/mol. The number of nitrogens with one attached hydrogen (secondary N) is 1. The molecule has 0 fully saturated rings. The Morgan fingerprint density at radius 3 is 2.39 bits per heavy atom. The molecule has 0 bridgehead atoms. The quantitative estimate of drug-likeness (QED) is 0.503. The molecule has 5 heteroatoms. The van der Waals surface area contributed by atoms with E-state index in [9.17, 15) is 9.59 Å². The van der Waals surface area contributed by atoms with Crippen molar-refractivity contribution in [1.29, 1.82) is 0 Å². The number of rotatable bonds is 11. The van der Waals surface area contributed by atoms with Crippen LogP contribution in [0.15, 0.2) is 24.3 Å². The van der Waals surface area contributed by atoms with Crippen LogP contribution in [0, 0.1) is 0 Å². The first kappa shape index (κ1) is 19.0. The highest BCUT2D eigenvalue weighted by Gasteiger charge is 2.04. The molecule has 0 saturated carbocycles. The second kappa shape index (κ2) is 11.5. The first-order valence-corrected chi connectivity index (χ1v) is 8.29. The third kappa shape index (κ3) is 8.86. The van der Waals surface area contributed by atoms with E-state index in [1.54, 1.807) is 6.92 Å². The van der Waals surface area contributed by atoms with E-state index in [0.717, 1.165) is 30.6 Å². The lowest BCUT2D eigenvalue weighted by atomic mass is 10.1. The van der Waals surface area contributed by atoms with Gasteiger partial charge < -0.3 is 14.8 Å². The summed E-state index contributed by atoms with van der Waals surface area (Å²) in [6.45, 7) is 5.45. The summed E-state index contributed by atoms with van der Waals surface area (Å²) in [5.74, 6) is 0.685. The van der Waals surface area contributed by atoms with E-state index >= 15 is 0 Å². The topological polar surface area (TPSA) is 64.6 Å². The Hall–Kier alpha value is -2.04. The Kier molecular flexibility index (Phi) is 9.52. The molecule has 0 aliphatic carbocycles. The molecule has 1 amide bonds. The van der Waals surface area contributed by atoms with Gasteiger partial charge in [0, 0.05) is 13.0 Å². The summed E-state index contributed by atoms with van der Waals surface area (Å²) >= 11 is 0. The third-order valence-electron chi connectivity index (χ3n) is 3.28. The van der Waals surface area contributed by atoms with Crippen molar-refractivity contribution in [3.63, 3.8) is 0 Å². The van der Waals surface area contributed by atoms with Crippen molar-refractivity contribution in [3.05, 3.63) is 29.8 Å². The predicted molar refractivity (Wildman–Crippen MR) is 89.4 cm³/mol. The van der Waals surface area contributed by atoms with E-state index in [-0.39, 0.29) is 11.9 Å². The van der Waals surface area contributed by atoms with E-state index in [2.05, 4.69) is 5.32 Å². The number of hydrogen-bond acceptors (Lipinski definition) is 4. The highest BCUT2D eigenvalue weighted by Crippen LogP contribution is 2.12. The molecule has 1 rings (SSSR count). The highest BCUT2D eigenvalue weighted by atomic mass is 16.5. The normalized spacial score (nSPS) is 10.2. The van der Waals surface area contributed by atoms with Crippen molar-refractivity contribution in [1.82, 2.24) is 5.32 Å². The fraction of sp³-hybridized carbons (Fsp3) is 0.556. The summed E-state index contributed by atoms with van der Waals surface area (Å²) in [5.41, 5.74) is 0.966. The second-order valence-electron chi connectivity index (χ2n) is 5.22. The number of ether oxygens (including phenoxy) is 2. The third-order valence-corrected chi connectivity index (χ3v) is 3.28. The Morgan fingerprint density at radius 2 is 1.74 bits per heavy atom. The Labute approximate surface area is 138 Å². The van der Waals surface area contributed by atoms with Crippen molar-refractivity contribution in [3.8, 4) is 5.75 Å². The summed E-state index contributed by atoms with van der Waals surface area (Å²) in [6, 6.07) is 7.57. The molecule has 0 radical (unpaired) electrons. The van der Waals surface area contributed by atoms with Gasteiger partial charge in [-0.25, -0.2) is 0 Å². The van der Waals surface area contributed by atoms with Crippen molar-refractivity contribution in [2.75, 3.05) is 19.8 Å². The molecule has 1 aromatic rings. The smallest absolute Gasteiger partial charge is 0.305 e. The molecule has 0 aromatic heterocycles. The van der Waals surface area contributed by atoms with E-state index in [1.165, 1.54) is 0 Å². The number of esters is 1. The van der Waals surface area contributed by atoms with Gasteiger partial charge in [0.25, 0.3) is 0 Å². The summed E-state index contributed by atoms with van der Waals surface area (Å²) in [6.07, 6.45) is 3.40. The van der Waals surface area contributed by atoms with Crippen LogP contribution in [0.5, 0.6) is 5.75 Å². The summed E-state index contributed by atoms with van der Waals surface area (Å²) in [5, 5.41) is 2.90. The van der Waals surface area contributed by atoms with Gasteiger partial charge in [0.2, 0.25) is 5.91 Å². The van der Waals surface area contributed by atoms with Crippen LogP contribution in [-0.2, 0) is 20.7 Å². The van der Waals surface area contributed by atoms with Crippen LogP contribution in [-0.4, -0.2) is 31.6 Å². The molecule has 0 atom stereocenters. The van der Waals surface area contributed by atoms with Gasteiger partial charge in [0.15, 0.2) is 0 Å². The first-order valence-electron chi connectivity index (χ1n) is 8.29. The maximum atomic E-state index is 11.8. The maximum absolute atomic E-state index is 11.8. The number of carbonyl (C=O) groups is 2. The monoisotopic (exact) mass is 321 g/mol. The first-order chi connectivity index (χ1) is 11.2. The van der Waals surface area contributed by atoms with Gasteiger partial charge in [-0.3, -0.25) is 9.59 Å². The van der Waals surface area contributed by atoms with Crippen LogP contribution in [0.25, 0.3) is 0 Å². The van der Waals surface area contributed by atoms with E-state index in [1.807, 2.05) is 31.2 Å². The zero-order chi connectivity index (χ0) is 16.9. The van der Waals surface area contributed by atoms with Crippen LogP contribution in [0.1, 0.15) is 45.1 Å². The fourth-order valence-electron chi connectivity index (χ4n) is 2.15. The Bertz CT molecular complexity index is 470. The van der Waals surface area contributed by atoms with Gasteiger partial charge in [-0.1, -0.05) is 18.6 Å². The molecule has 1 N–H and O–H groups in total. The van der Waals surface area contributed by atoms with Crippen LogP contribution < -0.4 is 10.1 Å². The van der Waals surface area contributed by atoms with E-state index in [0.29, 0.717) is 32.6 Å². The van der Waals surface area contributed by atoms with Crippen molar-refractivity contribution >= 4 is 11.9 Å². The van der Waals surface area contributed by atoms with Gasteiger partial charge in [-0.2, -0.15) is 0 Å². The average molecular weight is 321 g/mol. The number of amides is 1. The Morgan fingerprint density at radius 1 is 1.00 bits per heavy atom. The number of unbranched alkanes of at least 4 members (excludes halogenated alkanes) is 2. The van der Waals surface area contributed by atoms with Crippen molar-refractivity contribution < 1.29 is 19.1 Å². The fourth-order valence-corrected chi connectivity index (χ4v) is 2.15. The molecule has 1 aromatic carbocycles. The molecule has 128 valence electrons. The summed E-state index contributed by atoms with van der Waals surface area (Å²) in [4.78, 5) is 23.0. The minimum absolute atomic E-state index is 0.0135. The minimum Gasteiger partial charge on any atom is -0.494 e. The largest absolute Gasteiger partial charge is 0.494 e. The molecular formula is C18H27NO4. The van der Waals surface area contributed by atoms with Crippen LogP contribution in [0.3, 0.4) is 0 Å². The van der Waals surface area contributed by atoms with Crippen LogP contribution in [0.4, 0.5) is 0 Å². The van der Waals surface area contributed by atoms with E-state index in [4.69, 9.17) is 9.47 Å². The molecule has 0 saturated heterocycles. The summed E-state index contributed by atoms with van der Waals surface area (Å²) in [7, 11) is 0. The van der Waals surface area contributed by atoms with E-state index < -0.39 is 0 Å². The molecule has 23 heavy (non-hydrogen) atoms. The molecule has 0 spiro atoms.